The standard InChI is InChI=1S/C12H22N6/c1-9-7-11(15-12(14-9)16-13)18-6-4-5-17(3)8-10(18)2/h7,10H,4-6,8,13H2,1-3H3,(H,14,15,16). The Morgan fingerprint density at radius 1 is 1.39 bits per heavy atom. The van der Waals surface area contributed by atoms with E-state index in [2.05, 4.69) is 39.2 Å². The first kappa shape index (κ1) is 13.0. The third kappa shape index (κ3) is 2.88. The number of nitrogens with zero attached hydrogens (tertiary/aromatic N) is 4. The number of hydrogen-bond acceptors (Lipinski definition) is 6. The number of aryl methyl sites for hydroxylation is 1. The summed E-state index contributed by atoms with van der Waals surface area (Å²) >= 11 is 0. The van der Waals surface area contributed by atoms with Gasteiger partial charge in [0.15, 0.2) is 0 Å². The molecule has 1 unspecified atom stereocenters. The van der Waals surface area contributed by atoms with E-state index in [0.717, 1.165) is 37.6 Å². The molecule has 0 aliphatic carbocycles. The van der Waals surface area contributed by atoms with E-state index in [9.17, 15) is 0 Å². The van der Waals surface area contributed by atoms with Crippen LogP contribution >= 0.6 is 0 Å². The number of rotatable bonds is 2. The van der Waals surface area contributed by atoms with Gasteiger partial charge < -0.3 is 9.80 Å². The maximum absolute atomic E-state index is 5.40. The van der Waals surface area contributed by atoms with Crippen LogP contribution in [-0.2, 0) is 0 Å². The van der Waals surface area contributed by atoms with Crippen LogP contribution in [0.25, 0.3) is 0 Å². The van der Waals surface area contributed by atoms with Gasteiger partial charge in [0.2, 0.25) is 5.95 Å². The molecule has 1 aliphatic heterocycles. The van der Waals surface area contributed by atoms with Gasteiger partial charge in [-0.05, 0) is 33.9 Å². The Hall–Kier alpha value is -1.40. The summed E-state index contributed by atoms with van der Waals surface area (Å²) in [6.45, 7) is 7.39. The van der Waals surface area contributed by atoms with Crippen molar-refractivity contribution in [1.29, 1.82) is 0 Å². The van der Waals surface area contributed by atoms with E-state index in [0.29, 0.717) is 12.0 Å². The topological polar surface area (TPSA) is 70.3 Å². The normalized spacial score (nSPS) is 21.8. The average molecular weight is 250 g/mol. The van der Waals surface area contributed by atoms with Crippen molar-refractivity contribution in [3.8, 4) is 0 Å². The van der Waals surface area contributed by atoms with Gasteiger partial charge in [0.1, 0.15) is 5.82 Å². The molecule has 18 heavy (non-hydrogen) atoms. The maximum atomic E-state index is 5.40. The molecule has 0 amide bonds. The monoisotopic (exact) mass is 250 g/mol. The molecule has 0 bridgehead atoms. The first-order valence-corrected chi connectivity index (χ1v) is 6.37. The summed E-state index contributed by atoms with van der Waals surface area (Å²) in [5.41, 5.74) is 3.46. The van der Waals surface area contributed by atoms with Gasteiger partial charge in [-0.25, -0.2) is 10.8 Å². The Bertz CT molecular complexity index is 408. The van der Waals surface area contributed by atoms with E-state index in [1.807, 2.05) is 13.0 Å². The zero-order chi connectivity index (χ0) is 13.1. The highest BCUT2D eigenvalue weighted by Gasteiger charge is 2.21. The van der Waals surface area contributed by atoms with Crippen LogP contribution in [0.5, 0.6) is 0 Å². The Morgan fingerprint density at radius 3 is 2.89 bits per heavy atom. The molecule has 0 saturated carbocycles. The predicted molar refractivity (Wildman–Crippen MR) is 73.5 cm³/mol. The van der Waals surface area contributed by atoms with Crippen molar-refractivity contribution < 1.29 is 0 Å². The van der Waals surface area contributed by atoms with Gasteiger partial charge in [-0.2, -0.15) is 4.98 Å². The Labute approximate surface area is 108 Å². The minimum Gasteiger partial charge on any atom is -0.352 e. The van der Waals surface area contributed by atoms with Crippen LogP contribution in [0.3, 0.4) is 0 Å². The van der Waals surface area contributed by atoms with Crippen molar-refractivity contribution in [1.82, 2.24) is 14.9 Å². The van der Waals surface area contributed by atoms with Crippen molar-refractivity contribution in [3.63, 3.8) is 0 Å². The molecule has 2 heterocycles. The Morgan fingerprint density at radius 2 is 2.17 bits per heavy atom. The molecule has 2 rings (SSSR count). The minimum atomic E-state index is 0.442. The lowest BCUT2D eigenvalue weighted by Gasteiger charge is -2.29. The van der Waals surface area contributed by atoms with E-state index in [-0.39, 0.29) is 0 Å². The van der Waals surface area contributed by atoms with Gasteiger partial charge in [-0.1, -0.05) is 0 Å². The van der Waals surface area contributed by atoms with Gasteiger partial charge in [0.05, 0.1) is 0 Å². The molecule has 1 fully saturated rings. The number of likely N-dealkylation sites (N-methyl/N-ethyl adjacent to an activating group) is 1. The molecule has 1 aromatic heterocycles. The molecule has 0 aromatic carbocycles. The van der Waals surface area contributed by atoms with Crippen LogP contribution in [0.4, 0.5) is 11.8 Å². The van der Waals surface area contributed by atoms with Gasteiger partial charge in [0, 0.05) is 30.9 Å². The van der Waals surface area contributed by atoms with Gasteiger partial charge >= 0.3 is 0 Å². The SMILES string of the molecule is Cc1cc(N2CCCN(C)CC2C)nc(NN)n1. The van der Waals surface area contributed by atoms with Crippen LogP contribution in [0, 0.1) is 6.92 Å². The third-order valence-corrected chi connectivity index (χ3v) is 3.31. The molecule has 6 nitrogen and oxygen atoms in total. The molecule has 1 atom stereocenters. The van der Waals surface area contributed by atoms with E-state index in [1.54, 1.807) is 0 Å². The van der Waals surface area contributed by atoms with E-state index < -0.39 is 0 Å². The molecule has 3 N–H and O–H groups in total. The summed E-state index contributed by atoms with van der Waals surface area (Å²) in [7, 11) is 2.16. The molecule has 6 heteroatoms. The predicted octanol–water partition coefficient (Wildman–Crippen LogP) is 0.601. The molecule has 1 aliphatic rings. The average Bonchev–Trinajstić information content (AvgIpc) is 2.49. The fraction of sp³-hybridized carbons (Fsp3) is 0.667. The first-order valence-electron chi connectivity index (χ1n) is 6.37. The van der Waals surface area contributed by atoms with Gasteiger partial charge in [-0.3, -0.25) is 5.43 Å². The first-order chi connectivity index (χ1) is 8.60. The highest BCUT2D eigenvalue weighted by atomic mass is 15.3. The van der Waals surface area contributed by atoms with Crippen molar-refractivity contribution >= 4 is 11.8 Å². The number of anilines is 2. The maximum Gasteiger partial charge on any atom is 0.239 e. The molecular weight excluding hydrogens is 228 g/mol. The summed E-state index contributed by atoms with van der Waals surface area (Å²) in [5.74, 6) is 6.84. The van der Waals surface area contributed by atoms with Crippen molar-refractivity contribution in [2.45, 2.75) is 26.3 Å². The largest absolute Gasteiger partial charge is 0.352 e. The Kier molecular flexibility index (Phi) is 3.98. The second-order valence-corrected chi connectivity index (χ2v) is 4.99. The summed E-state index contributed by atoms with van der Waals surface area (Å²) in [6, 6.07) is 2.46. The van der Waals surface area contributed by atoms with E-state index >= 15 is 0 Å². The van der Waals surface area contributed by atoms with Crippen molar-refractivity contribution in [2.75, 3.05) is 37.0 Å². The zero-order valence-electron chi connectivity index (χ0n) is 11.3. The number of nitrogen functional groups attached to an aromatic ring is 1. The van der Waals surface area contributed by atoms with Crippen LogP contribution in [0.2, 0.25) is 0 Å². The molecule has 100 valence electrons. The molecule has 0 spiro atoms. The number of nitrogens with two attached hydrogens (primary N) is 1. The van der Waals surface area contributed by atoms with Gasteiger partial charge in [0.25, 0.3) is 0 Å². The summed E-state index contributed by atoms with van der Waals surface area (Å²) in [6.07, 6.45) is 1.15. The lowest BCUT2D eigenvalue weighted by Crippen LogP contribution is -2.38. The summed E-state index contributed by atoms with van der Waals surface area (Å²) in [5, 5.41) is 0. The fourth-order valence-corrected chi connectivity index (χ4v) is 2.48. The number of nitrogens with one attached hydrogen (secondary N) is 1. The summed E-state index contributed by atoms with van der Waals surface area (Å²) in [4.78, 5) is 13.4. The van der Waals surface area contributed by atoms with Crippen LogP contribution in [0.15, 0.2) is 6.07 Å². The Balaban J connectivity index is 2.26. The third-order valence-electron chi connectivity index (χ3n) is 3.31. The second kappa shape index (κ2) is 5.49. The molecule has 1 saturated heterocycles. The molecule has 1 aromatic rings. The molecule has 0 radical (unpaired) electrons. The number of aromatic nitrogens is 2. The quantitative estimate of drug-likeness (QED) is 0.592. The van der Waals surface area contributed by atoms with Gasteiger partial charge in [-0.15, -0.1) is 0 Å². The lowest BCUT2D eigenvalue weighted by molar-refractivity contribution is 0.337. The van der Waals surface area contributed by atoms with Crippen molar-refractivity contribution in [2.24, 2.45) is 5.84 Å². The smallest absolute Gasteiger partial charge is 0.239 e. The van der Waals surface area contributed by atoms with Crippen LogP contribution < -0.4 is 16.2 Å². The molecular formula is C12H22N6. The zero-order valence-corrected chi connectivity index (χ0v) is 11.3. The van der Waals surface area contributed by atoms with Crippen molar-refractivity contribution in [3.05, 3.63) is 11.8 Å². The van der Waals surface area contributed by atoms with E-state index in [1.165, 1.54) is 0 Å². The summed E-state index contributed by atoms with van der Waals surface area (Å²) < 4.78 is 0. The highest BCUT2D eigenvalue weighted by molar-refractivity contribution is 5.45. The lowest BCUT2D eigenvalue weighted by atomic mass is 10.2. The van der Waals surface area contributed by atoms with Crippen LogP contribution in [0.1, 0.15) is 19.0 Å². The number of hydrogen-bond donors (Lipinski definition) is 2. The van der Waals surface area contributed by atoms with Crippen LogP contribution in [-0.4, -0.2) is 47.6 Å². The van der Waals surface area contributed by atoms with E-state index in [4.69, 9.17) is 5.84 Å². The highest BCUT2D eigenvalue weighted by Crippen LogP contribution is 2.19. The minimum absolute atomic E-state index is 0.442. The second-order valence-electron chi connectivity index (χ2n) is 4.99. The number of hydrazine groups is 1. The fourth-order valence-electron chi connectivity index (χ4n) is 2.48.